The van der Waals surface area contributed by atoms with Gasteiger partial charge in [0.25, 0.3) is 5.91 Å². The Hall–Kier alpha value is -1.11. The molecule has 0 spiro atoms. The van der Waals surface area contributed by atoms with E-state index in [1.807, 2.05) is 13.8 Å². The molecular formula is C12H17ClN2O3S. The van der Waals surface area contributed by atoms with Crippen LogP contribution >= 0.6 is 11.6 Å². The molecule has 1 rings (SSSR count). The third-order valence-corrected chi connectivity index (χ3v) is 3.99. The molecule has 1 atom stereocenters. The van der Waals surface area contributed by atoms with E-state index >= 15 is 0 Å². The molecule has 0 saturated carbocycles. The molecule has 19 heavy (non-hydrogen) atoms. The fourth-order valence-corrected chi connectivity index (χ4v) is 2.75. The van der Waals surface area contributed by atoms with Crippen LogP contribution in [0.15, 0.2) is 23.1 Å². The number of primary sulfonamides is 1. The van der Waals surface area contributed by atoms with Crippen LogP contribution in [-0.4, -0.2) is 20.4 Å². The van der Waals surface area contributed by atoms with Crippen LogP contribution in [0.1, 0.15) is 37.0 Å². The van der Waals surface area contributed by atoms with Gasteiger partial charge in [-0.2, -0.15) is 0 Å². The molecule has 0 fully saturated rings. The second-order valence-electron chi connectivity index (χ2n) is 4.35. The molecule has 7 heteroatoms. The summed E-state index contributed by atoms with van der Waals surface area (Å²) in [6.07, 6.45) is 1.80. The molecule has 0 heterocycles. The van der Waals surface area contributed by atoms with Gasteiger partial charge in [-0.05, 0) is 31.5 Å². The first-order valence-electron chi connectivity index (χ1n) is 5.89. The maximum Gasteiger partial charge on any atom is 0.251 e. The lowest BCUT2D eigenvalue weighted by molar-refractivity contribution is 0.0938. The minimum Gasteiger partial charge on any atom is -0.350 e. The number of rotatable bonds is 5. The number of carbonyl (C=O) groups is 1. The van der Waals surface area contributed by atoms with Crippen molar-refractivity contribution < 1.29 is 13.2 Å². The Kier molecular flexibility index (Phi) is 5.34. The van der Waals surface area contributed by atoms with E-state index in [-0.39, 0.29) is 27.4 Å². The van der Waals surface area contributed by atoms with Gasteiger partial charge in [0, 0.05) is 11.6 Å². The molecule has 106 valence electrons. The fraction of sp³-hybridized carbons (Fsp3) is 0.417. The number of amides is 1. The molecule has 1 aromatic carbocycles. The highest BCUT2D eigenvalue weighted by Crippen LogP contribution is 2.21. The van der Waals surface area contributed by atoms with Crippen LogP contribution in [0, 0.1) is 0 Å². The number of nitrogens with one attached hydrogen (secondary N) is 1. The van der Waals surface area contributed by atoms with Crippen LogP contribution in [0.2, 0.25) is 5.02 Å². The van der Waals surface area contributed by atoms with E-state index in [9.17, 15) is 13.2 Å². The highest BCUT2D eigenvalue weighted by molar-refractivity contribution is 7.89. The Morgan fingerprint density at radius 3 is 2.63 bits per heavy atom. The van der Waals surface area contributed by atoms with Gasteiger partial charge in [-0.3, -0.25) is 4.79 Å². The monoisotopic (exact) mass is 304 g/mol. The molecule has 0 aliphatic heterocycles. The van der Waals surface area contributed by atoms with Gasteiger partial charge in [-0.1, -0.05) is 24.9 Å². The summed E-state index contributed by atoms with van der Waals surface area (Å²) in [7, 11) is -3.94. The molecule has 0 aromatic heterocycles. The summed E-state index contributed by atoms with van der Waals surface area (Å²) in [4.78, 5) is 11.7. The predicted octanol–water partition coefficient (Wildman–Crippen LogP) is 1.91. The van der Waals surface area contributed by atoms with Crippen LogP contribution in [0.3, 0.4) is 0 Å². The van der Waals surface area contributed by atoms with Gasteiger partial charge in [0.2, 0.25) is 10.0 Å². The topological polar surface area (TPSA) is 89.3 Å². The summed E-state index contributed by atoms with van der Waals surface area (Å²) in [6, 6.07) is 4.02. The van der Waals surface area contributed by atoms with Crippen molar-refractivity contribution in [2.75, 3.05) is 0 Å². The van der Waals surface area contributed by atoms with Crippen LogP contribution < -0.4 is 10.5 Å². The number of hydrogen-bond donors (Lipinski definition) is 2. The molecule has 0 saturated heterocycles. The van der Waals surface area contributed by atoms with Crippen molar-refractivity contribution in [2.45, 2.75) is 37.6 Å². The zero-order valence-corrected chi connectivity index (χ0v) is 12.4. The lowest BCUT2D eigenvalue weighted by Crippen LogP contribution is -2.32. The van der Waals surface area contributed by atoms with Gasteiger partial charge >= 0.3 is 0 Å². The van der Waals surface area contributed by atoms with Gasteiger partial charge < -0.3 is 5.32 Å². The molecule has 5 nitrogen and oxygen atoms in total. The summed E-state index contributed by atoms with van der Waals surface area (Å²) in [5, 5.41) is 7.81. The molecule has 0 bridgehead atoms. The van der Waals surface area contributed by atoms with Crippen molar-refractivity contribution in [3.05, 3.63) is 28.8 Å². The normalized spacial score (nSPS) is 13.1. The van der Waals surface area contributed by atoms with Crippen LogP contribution in [0.4, 0.5) is 0 Å². The van der Waals surface area contributed by atoms with E-state index in [0.29, 0.717) is 0 Å². The highest BCUT2D eigenvalue weighted by atomic mass is 35.5. The minimum atomic E-state index is -3.94. The largest absolute Gasteiger partial charge is 0.350 e. The van der Waals surface area contributed by atoms with Gasteiger partial charge in [0.15, 0.2) is 0 Å². The maximum absolute atomic E-state index is 11.9. The first-order chi connectivity index (χ1) is 8.75. The SMILES string of the molecule is CCCC(C)NC(=O)c1ccc(Cl)c(S(N)(=O)=O)c1. The van der Waals surface area contributed by atoms with Crippen LogP contribution in [0.5, 0.6) is 0 Å². The van der Waals surface area contributed by atoms with Crippen LogP contribution in [-0.2, 0) is 10.0 Å². The Bertz CT molecular complexity index is 572. The van der Waals surface area contributed by atoms with Crippen molar-refractivity contribution >= 4 is 27.5 Å². The van der Waals surface area contributed by atoms with E-state index in [0.717, 1.165) is 12.8 Å². The lowest BCUT2D eigenvalue weighted by atomic mass is 10.1. The summed E-state index contributed by atoms with van der Waals surface area (Å²) in [6.45, 7) is 3.90. The first kappa shape index (κ1) is 15.9. The first-order valence-corrected chi connectivity index (χ1v) is 7.81. The van der Waals surface area contributed by atoms with Crippen molar-refractivity contribution in [2.24, 2.45) is 5.14 Å². The quantitative estimate of drug-likeness (QED) is 0.870. The van der Waals surface area contributed by atoms with E-state index < -0.39 is 10.0 Å². The van der Waals surface area contributed by atoms with Crippen molar-refractivity contribution in [1.29, 1.82) is 0 Å². The smallest absolute Gasteiger partial charge is 0.251 e. The predicted molar refractivity (Wildman–Crippen MR) is 74.7 cm³/mol. The van der Waals surface area contributed by atoms with Crippen LogP contribution in [0.25, 0.3) is 0 Å². The van der Waals surface area contributed by atoms with E-state index in [1.165, 1.54) is 18.2 Å². The van der Waals surface area contributed by atoms with E-state index in [1.54, 1.807) is 0 Å². The Morgan fingerprint density at radius 2 is 2.11 bits per heavy atom. The summed E-state index contributed by atoms with van der Waals surface area (Å²) in [5.74, 6) is -0.345. The summed E-state index contributed by atoms with van der Waals surface area (Å²) >= 11 is 5.75. The van der Waals surface area contributed by atoms with Crippen molar-refractivity contribution in [3.8, 4) is 0 Å². The lowest BCUT2D eigenvalue weighted by Gasteiger charge is -2.13. The maximum atomic E-state index is 11.9. The number of hydrogen-bond acceptors (Lipinski definition) is 3. The zero-order valence-electron chi connectivity index (χ0n) is 10.8. The van der Waals surface area contributed by atoms with Crippen molar-refractivity contribution in [1.82, 2.24) is 5.32 Å². The van der Waals surface area contributed by atoms with Crippen molar-refractivity contribution in [3.63, 3.8) is 0 Å². The Morgan fingerprint density at radius 1 is 1.47 bits per heavy atom. The molecule has 1 aromatic rings. The Labute approximate surface area is 118 Å². The standard InChI is InChI=1S/C12H17ClN2O3S/c1-3-4-8(2)15-12(16)9-5-6-10(13)11(7-9)19(14,17)18/h5-8H,3-4H2,1-2H3,(H,15,16)(H2,14,17,18). The molecule has 1 amide bonds. The van der Waals surface area contributed by atoms with E-state index in [2.05, 4.69) is 5.32 Å². The average Bonchev–Trinajstić information content (AvgIpc) is 2.27. The number of sulfonamides is 1. The highest BCUT2D eigenvalue weighted by Gasteiger charge is 2.17. The molecular weight excluding hydrogens is 288 g/mol. The molecule has 0 aliphatic rings. The molecule has 3 N–H and O–H groups in total. The molecule has 1 unspecified atom stereocenters. The number of nitrogens with two attached hydrogens (primary N) is 1. The fourth-order valence-electron chi connectivity index (χ4n) is 1.67. The zero-order chi connectivity index (χ0) is 14.6. The Balaban J connectivity index is 3.00. The minimum absolute atomic E-state index is 0.000608. The number of benzene rings is 1. The van der Waals surface area contributed by atoms with Gasteiger partial charge in [-0.15, -0.1) is 0 Å². The molecule has 0 radical (unpaired) electrons. The number of carbonyl (C=O) groups excluding carboxylic acids is 1. The second-order valence-corrected chi connectivity index (χ2v) is 6.29. The number of halogens is 1. The third kappa shape index (κ3) is 4.49. The van der Waals surface area contributed by atoms with Gasteiger partial charge in [0.05, 0.1) is 5.02 Å². The molecule has 0 aliphatic carbocycles. The van der Waals surface area contributed by atoms with Gasteiger partial charge in [-0.25, -0.2) is 13.6 Å². The summed E-state index contributed by atoms with van der Waals surface area (Å²) in [5.41, 5.74) is 0.219. The average molecular weight is 305 g/mol. The van der Waals surface area contributed by atoms with Gasteiger partial charge in [0.1, 0.15) is 4.90 Å². The second kappa shape index (κ2) is 6.36. The third-order valence-electron chi connectivity index (χ3n) is 2.60. The van der Waals surface area contributed by atoms with E-state index in [4.69, 9.17) is 16.7 Å². The summed E-state index contributed by atoms with van der Waals surface area (Å²) < 4.78 is 22.6.